The van der Waals surface area contributed by atoms with E-state index >= 15 is 0 Å². The number of carbonyl (C=O) groups excluding carboxylic acids is 1. The first kappa shape index (κ1) is 9.77. The fraction of sp³-hybridized carbons (Fsp3) is 0.556. The van der Waals surface area contributed by atoms with Crippen LogP contribution in [0.3, 0.4) is 0 Å². The Balaban J connectivity index is 2.24. The number of carbonyl (C=O) groups is 1. The van der Waals surface area contributed by atoms with Crippen molar-refractivity contribution in [2.75, 3.05) is 7.11 Å². The van der Waals surface area contributed by atoms with Gasteiger partial charge in [-0.1, -0.05) is 0 Å². The molecule has 0 atom stereocenters. The molecular formula is C9H14N2O2. The Labute approximate surface area is 77.3 Å². The van der Waals surface area contributed by atoms with Crippen LogP contribution in [-0.2, 0) is 16.0 Å². The second-order valence-electron chi connectivity index (χ2n) is 2.91. The smallest absolute Gasteiger partial charge is 0.305 e. The topological polar surface area (TPSA) is 55.0 Å². The molecule has 0 saturated carbocycles. The van der Waals surface area contributed by atoms with Gasteiger partial charge in [-0.2, -0.15) is 0 Å². The maximum Gasteiger partial charge on any atom is 0.305 e. The first-order valence-electron chi connectivity index (χ1n) is 4.30. The van der Waals surface area contributed by atoms with Crippen molar-refractivity contribution in [3.05, 3.63) is 17.7 Å². The predicted octanol–water partition coefficient (Wildman–Crippen LogP) is 1.21. The molecule has 1 rings (SSSR count). The van der Waals surface area contributed by atoms with Gasteiger partial charge in [-0.05, 0) is 19.8 Å². The molecule has 4 heteroatoms. The largest absolute Gasteiger partial charge is 0.469 e. The molecule has 4 nitrogen and oxygen atoms in total. The van der Waals surface area contributed by atoms with Crippen LogP contribution in [-0.4, -0.2) is 23.0 Å². The Hall–Kier alpha value is -1.32. The molecule has 0 aliphatic rings. The van der Waals surface area contributed by atoms with Crippen LogP contribution in [0.4, 0.5) is 0 Å². The van der Waals surface area contributed by atoms with Gasteiger partial charge in [0.05, 0.1) is 12.8 Å². The summed E-state index contributed by atoms with van der Waals surface area (Å²) in [5.74, 6) is 0.750. The van der Waals surface area contributed by atoms with Crippen molar-refractivity contribution in [3.8, 4) is 0 Å². The number of methoxy groups -OCH3 is 1. The molecule has 1 aromatic heterocycles. The Morgan fingerprint density at radius 2 is 2.46 bits per heavy atom. The minimum atomic E-state index is -0.160. The van der Waals surface area contributed by atoms with Crippen LogP contribution in [0.1, 0.15) is 24.4 Å². The number of aromatic amines is 1. The van der Waals surface area contributed by atoms with E-state index in [0.29, 0.717) is 6.42 Å². The Kier molecular flexibility index (Phi) is 3.49. The van der Waals surface area contributed by atoms with Crippen LogP contribution < -0.4 is 0 Å². The molecule has 1 aromatic rings. The number of aryl methyl sites for hydroxylation is 2. The van der Waals surface area contributed by atoms with E-state index in [2.05, 4.69) is 14.7 Å². The molecule has 1 N–H and O–H groups in total. The number of rotatable bonds is 4. The quantitative estimate of drug-likeness (QED) is 0.712. The number of hydrogen-bond acceptors (Lipinski definition) is 3. The fourth-order valence-electron chi connectivity index (χ4n) is 1.11. The van der Waals surface area contributed by atoms with E-state index in [0.717, 1.165) is 24.4 Å². The minimum Gasteiger partial charge on any atom is -0.469 e. The molecule has 1 heterocycles. The van der Waals surface area contributed by atoms with Crippen molar-refractivity contribution in [3.63, 3.8) is 0 Å². The van der Waals surface area contributed by atoms with Crippen LogP contribution in [0.2, 0.25) is 0 Å². The highest BCUT2D eigenvalue weighted by Crippen LogP contribution is 2.02. The summed E-state index contributed by atoms with van der Waals surface area (Å²) in [6, 6.07) is 0. The van der Waals surface area contributed by atoms with E-state index in [-0.39, 0.29) is 5.97 Å². The molecule has 0 bridgehead atoms. The van der Waals surface area contributed by atoms with Crippen molar-refractivity contribution < 1.29 is 9.53 Å². The third kappa shape index (κ3) is 3.27. The van der Waals surface area contributed by atoms with Gasteiger partial charge in [0, 0.05) is 12.6 Å². The summed E-state index contributed by atoms with van der Waals surface area (Å²) in [7, 11) is 1.40. The lowest BCUT2D eigenvalue weighted by Gasteiger charge is -1.96. The van der Waals surface area contributed by atoms with Crippen molar-refractivity contribution in [1.82, 2.24) is 9.97 Å². The van der Waals surface area contributed by atoms with Gasteiger partial charge in [0.2, 0.25) is 0 Å². The molecule has 0 unspecified atom stereocenters. The van der Waals surface area contributed by atoms with Gasteiger partial charge in [0.25, 0.3) is 0 Å². The molecule has 0 fully saturated rings. The number of H-pyrrole nitrogens is 1. The van der Waals surface area contributed by atoms with Crippen molar-refractivity contribution in [2.24, 2.45) is 0 Å². The summed E-state index contributed by atoms with van der Waals surface area (Å²) in [5.41, 5.74) is 1.00. The van der Waals surface area contributed by atoms with Gasteiger partial charge >= 0.3 is 5.97 Å². The average Bonchev–Trinajstić information content (AvgIpc) is 2.51. The van der Waals surface area contributed by atoms with Crippen LogP contribution >= 0.6 is 0 Å². The Morgan fingerprint density at radius 1 is 1.69 bits per heavy atom. The average molecular weight is 182 g/mol. The van der Waals surface area contributed by atoms with E-state index < -0.39 is 0 Å². The third-order valence-corrected chi connectivity index (χ3v) is 1.80. The van der Waals surface area contributed by atoms with Crippen LogP contribution in [0, 0.1) is 6.92 Å². The summed E-state index contributed by atoms with van der Waals surface area (Å²) < 4.78 is 4.53. The number of imidazole rings is 1. The molecular weight excluding hydrogens is 168 g/mol. The fourth-order valence-corrected chi connectivity index (χ4v) is 1.11. The van der Waals surface area contributed by atoms with Crippen LogP contribution in [0.15, 0.2) is 6.20 Å². The maximum atomic E-state index is 10.8. The third-order valence-electron chi connectivity index (χ3n) is 1.80. The number of esters is 1. The van der Waals surface area contributed by atoms with E-state index in [4.69, 9.17) is 0 Å². The van der Waals surface area contributed by atoms with Gasteiger partial charge in [-0.15, -0.1) is 0 Å². The molecule has 0 aromatic carbocycles. The van der Waals surface area contributed by atoms with E-state index in [1.807, 2.05) is 13.1 Å². The first-order valence-corrected chi connectivity index (χ1v) is 4.30. The van der Waals surface area contributed by atoms with Crippen molar-refractivity contribution in [2.45, 2.75) is 26.2 Å². The molecule has 0 spiro atoms. The number of hydrogen-bond donors (Lipinski definition) is 1. The summed E-state index contributed by atoms with van der Waals surface area (Å²) in [6.07, 6.45) is 3.94. The standard InChI is InChI=1S/C9H14N2O2/c1-7-10-6-8(11-7)4-3-5-9(12)13-2/h6H,3-5H2,1-2H3,(H,10,11). The first-order chi connectivity index (χ1) is 6.22. The minimum absolute atomic E-state index is 0.160. The van der Waals surface area contributed by atoms with Gasteiger partial charge in [-0.25, -0.2) is 4.98 Å². The summed E-state index contributed by atoms with van der Waals surface area (Å²) in [4.78, 5) is 18.0. The van der Waals surface area contributed by atoms with Gasteiger partial charge in [0.1, 0.15) is 5.82 Å². The molecule has 13 heavy (non-hydrogen) atoms. The predicted molar refractivity (Wildman–Crippen MR) is 48.3 cm³/mol. The number of aromatic nitrogens is 2. The number of ether oxygens (including phenoxy) is 1. The van der Waals surface area contributed by atoms with Gasteiger partial charge in [-0.3, -0.25) is 4.79 Å². The SMILES string of the molecule is COC(=O)CCCc1c[nH]c(C)n1. The van der Waals surface area contributed by atoms with Crippen molar-refractivity contribution >= 4 is 5.97 Å². The monoisotopic (exact) mass is 182 g/mol. The second-order valence-corrected chi connectivity index (χ2v) is 2.91. The van der Waals surface area contributed by atoms with E-state index in [9.17, 15) is 4.79 Å². The number of nitrogens with one attached hydrogen (secondary N) is 1. The Bertz CT molecular complexity index is 281. The Morgan fingerprint density at radius 3 is 3.00 bits per heavy atom. The van der Waals surface area contributed by atoms with Gasteiger partial charge < -0.3 is 9.72 Å². The zero-order chi connectivity index (χ0) is 9.68. The highest BCUT2D eigenvalue weighted by molar-refractivity contribution is 5.69. The highest BCUT2D eigenvalue weighted by atomic mass is 16.5. The van der Waals surface area contributed by atoms with Crippen molar-refractivity contribution in [1.29, 1.82) is 0 Å². The molecule has 0 amide bonds. The molecule has 72 valence electrons. The molecule has 0 aliphatic heterocycles. The lowest BCUT2D eigenvalue weighted by atomic mass is 10.2. The lowest BCUT2D eigenvalue weighted by Crippen LogP contribution is -2.00. The highest BCUT2D eigenvalue weighted by Gasteiger charge is 2.01. The zero-order valence-corrected chi connectivity index (χ0v) is 7.96. The molecule has 0 saturated heterocycles. The van der Waals surface area contributed by atoms with Gasteiger partial charge in [0.15, 0.2) is 0 Å². The summed E-state index contributed by atoms with van der Waals surface area (Å²) >= 11 is 0. The second kappa shape index (κ2) is 4.64. The van der Waals surface area contributed by atoms with Crippen LogP contribution in [0.25, 0.3) is 0 Å². The van der Waals surface area contributed by atoms with E-state index in [1.165, 1.54) is 7.11 Å². The van der Waals surface area contributed by atoms with E-state index in [1.54, 1.807) is 0 Å². The molecule has 0 aliphatic carbocycles. The zero-order valence-electron chi connectivity index (χ0n) is 7.96. The summed E-state index contributed by atoms with van der Waals surface area (Å²) in [6.45, 7) is 1.91. The summed E-state index contributed by atoms with van der Waals surface area (Å²) in [5, 5.41) is 0. The maximum absolute atomic E-state index is 10.8. The molecule has 0 radical (unpaired) electrons. The normalized spacial score (nSPS) is 10.0. The van der Waals surface area contributed by atoms with Crippen LogP contribution in [0.5, 0.6) is 0 Å². The lowest BCUT2D eigenvalue weighted by molar-refractivity contribution is -0.140. The number of nitrogens with zero attached hydrogens (tertiary/aromatic N) is 1.